The highest BCUT2D eigenvalue weighted by atomic mass is 16.5. The summed E-state index contributed by atoms with van der Waals surface area (Å²) in [5.74, 6) is 3.31. The Morgan fingerprint density at radius 1 is 1.17 bits per heavy atom. The fraction of sp³-hybridized carbons (Fsp3) is 0.389. The maximum absolute atomic E-state index is 6.00. The SMILES string of the molecule is Cc1ccc2cccc(OCc3nnc(C4CCC4)n3C)c2n1. The molecule has 0 bridgehead atoms. The Morgan fingerprint density at radius 2 is 2.04 bits per heavy atom. The van der Waals surface area contributed by atoms with Crippen LogP contribution in [0.1, 0.15) is 42.5 Å². The predicted molar refractivity (Wildman–Crippen MR) is 88.4 cm³/mol. The molecule has 0 unspecified atom stereocenters. The minimum atomic E-state index is 0.408. The number of hydrogen-bond donors (Lipinski definition) is 0. The zero-order valence-corrected chi connectivity index (χ0v) is 13.5. The predicted octanol–water partition coefficient (Wildman–Crippen LogP) is 3.52. The van der Waals surface area contributed by atoms with Crippen LogP contribution in [0.2, 0.25) is 0 Å². The van der Waals surface area contributed by atoms with Gasteiger partial charge in [-0.1, -0.05) is 24.6 Å². The van der Waals surface area contributed by atoms with Crippen LogP contribution in [0.3, 0.4) is 0 Å². The lowest BCUT2D eigenvalue weighted by atomic mass is 9.85. The van der Waals surface area contributed by atoms with E-state index in [9.17, 15) is 0 Å². The third-order valence-corrected chi connectivity index (χ3v) is 4.65. The average Bonchev–Trinajstić information content (AvgIpc) is 2.85. The van der Waals surface area contributed by atoms with Crippen LogP contribution in [0.5, 0.6) is 5.75 Å². The quantitative estimate of drug-likeness (QED) is 0.740. The first-order valence-electron chi connectivity index (χ1n) is 8.10. The van der Waals surface area contributed by atoms with E-state index < -0.39 is 0 Å². The maximum Gasteiger partial charge on any atom is 0.170 e. The molecule has 4 rings (SSSR count). The van der Waals surface area contributed by atoms with Gasteiger partial charge in [-0.05, 0) is 31.9 Å². The number of ether oxygens (including phenoxy) is 1. The molecule has 0 aliphatic heterocycles. The first kappa shape index (κ1) is 14.2. The molecule has 1 aromatic carbocycles. The molecule has 5 nitrogen and oxygen atoms in total. The van der Waals surface area contributed by atoms with Crippen molar-refractivity contribution in [1.29, 1.82) is 0 Å². The van der Waals surface area contributed by atoms with Crippen molar-refractivity contribution in [2.24, 2.45) is 7.05 Å². The van der Waals surface area contributed by atoms with Crippen LogP contribution < -0.4 is 4.74 Å². The molecule has 0 atom stereocenters. The number of fused-ring (bicyclic) bond motifs is 1. The smallest absolute Gasteiger partial charge is 0.170 e. The molecule has 0 amide bonds. The summed E-state index contributed by atoms with van der Waals surface area (Å²) in [6, 6.07) is 10.1. The second kappa shape index (κ2) is 5.65. The van der Waals surface area contributed by atoms with E-state index in [0.29, 0.717) is 12.5 Å². The molecule has 0 saturated heterocycles. The zero-order valence-electron chi connectivity index (χ0n) is 13.5. The van der Waals surface area contributed by atoms with E-state index >= 15 is 0 Å². The molecule has 1 aliphatic rings. The van der Waals surface area contributed by atoms with E-state index in [1.807, 2.05) is 38.2 Å². The summed E-state index contributed by atoms with van der Waals surface area (Å²) in [6.45, 7) is 2.40. The van der Waals surface area contributed by atoms with Gasteiger partial charge < -0.3 is 9.30 Å². The number of hydrogen-bond acceptors (Lipinski definition) is 4. The van der Waals surface area contributed by atoms with Crippen molar-refractivity contribution < 1.29 is 4.74 Å². The third-order valence-electron chi connectivity index (χ3n) is 4.65. The van der Waals surface area contributed by atoms with Crippen LogP contribution >= 0.6 is 0 Å². The Morgan fingerprint density at radius 3 is 2.83 bits per heavy atom. The van der Waals surface area contributed by atoms with Crippen molar-refractivity contribution in [3.05, 3.63) is 47.7 Å². The van der Waals surface area contributed by atoms with Gasteiger partial charge in [0.1, 0.15) is 23.7 Å². The van der Waals surface area contributed by atoms with Gasteiger partial charge in [-0.15, -0.1) is 10.2 Å². The summed E-state index contributed by atoms with van der Waals surface area (Å²) in [4.78, 5) is 4.60. The van der Waals surface area contributed by atoms with Crippen molar-refractivity contribution >= 4 is 10.9 Å². The van der Waals surface area contributed by atoms with E-state index in [0.717, 1.165) is 34.0 Å². The first-order chi connectivity index (χ1) is 11.2. The van der Waals surface area contributed by atoms with Crippen molar-refractivity contribution in [2.75, 3.05) is 0 Å². The molecule has 0 radical (unpaired) electrons. The molecule has 1 aliphatic carbocycles. The van der Waals surface area contributed by atoms with Crippen molar-refractivity contribution in [2.45, 2.75) is 38.7 Å². The van der Waals surface area contributed by atoms with E-state index in [1.165, 1.54) is 19.3 Å². The summed E-state index contributed by atoms with van der Waals surface area (Å²) in [6.07, 6.45) is 3.74. The van der Waals surface area contributed by atoms with Crippen LogP contribution in [0.25, 0.3) is 10.9 Å². The molecular weight excluding hydrogens is 288 g/mol. The molecule has 0 spiro atoms. The van der Waals surface area contributed by atoms with Gasteiger partial charge in [0, 0.05) is 24.0 Å². The molecule has 3 aromatic rings. The van der Waals surface area contributed by atoms with Gasteiger partial charge in [0.05, 0.1) is 0 Å². The molecule has 2 heterocycles. The number of nitrogens with zero attached hydrogens (tertiary/aromatic N) is 4. The zero-order chi connectivity index (χ0) is 15.8. The molecule has 2 aromatic heterocycles. The van der Waals surface area contributed by atoms with Gasteiger partial charge in [-0.3, -0.25) is 0 Å². The molecule has 0 N–H and O–H groups in total. The van der Waals surface area contributed by atoms with Gasteiger partial charge in [-0.25, -0.2) is 4.98 Å². The standard InChI is InChI=1S/C18H20N4O/c1-12-9-10-13-5-4-8-15(17(13)19-12)23-11-16-20-21-18(22(16)2)14-6-3-7-14/h4-5,8-10,14H,3,6-7,11H2,1-2H3. The number of rotatable bonds is 4. The fourth-order valence-corrected chi connectivity index (χ4v) is 3.00. The Bertz CT molecular complexity index is 851. The Balaban J connectivity index is 1.57. The minimum absolute atomic E-state index is 0.408. The van der Waals surface area contributed by atoms with Crippen LogP contribution in [-0.2, 0) is 13.7 Å². The van der Waals surface area contributed by atoms with Crippen LogP contribution in [0, 0.1) is 6.92 Å². The maximum atomic E-state index is 6.00. The topological polar surface area (TPSA) is 52.8 Å². The number of para-hydroxylation sites is 1. The van der Waals surface area contributed by atoms with Gasteiger partial charge in [0.15, 0.2) is 5.82 Å². The highest BCUT2D eigenvalue weighted by Crippen LogP contribution is 2.35. The highest BCUT2D eigenvalue weighted by molar-refractivity contribution is 5.84. The van der Waals surface area contributed by atoms with E-state index in [4.69, 9.17) is 4.74 Å². The second-order valence-corrected chi connectivity index (χ2v) is 6.23. The van der Waals surface area contributed by atoms with Gasteiger partial charge in [0.2, 0.25) is 0 Å². The molecule has 1 saturated carbocycles. The average molecular weight is 308 g/mol. The second-order valence-electron chi connectivity index (χ2n) is 6.23. The fourth-order valence-electron chi connectivity index (χ4n) is 3.00. The summed E-state index contributed by atoms with van der Waals surface area (Å²) in [7, 11) is 2.03. The minimum Gasteiger partial charge on any atom is -0.483 e. The van der Waals surface area contributed by atoms with E-state index in [1.54, 1.807) is 0 Å². The van der Waals surface area contributed by atoms with Gasteiger partial charge >= 0.3 is 0 Å². The Hall–Kier alpha value is -2.43. The number of aryl methyl sites for hydroxylation is 1. The lowest BCUT2D eigenvalue weighted by molar-refractivity contribution is 0.292. The largest absolute Gasteiger partial charge is 0.483 e. The summed E-state index contributed by atoms with van der Waals surface area (Å²) in [5.41, 5.74) is 1.88. The monoisotopic (exact) mass is 308 g/mol. The molecule has 118 valence electrons. The molecule has 23 heavy (non-hydrogen) atoms. The summed E-state index contributed by atoms with van der Waals surface area (Å²) >= 11 is 0. The number of aromatic nitrogens is 4. The lowest BCUT2D eigenvalue weighted by Crippen LogP contribution is -2.15. The summed E-state index contributed by atoms with van der Waals surface area (Å²) in [5, 5.41) is 9.73. The van der Waals surface area contributed by atoms with Crippen molar-refractivity contribution in [3.8, 4) is 5.75 Å². The van der Waals surface area contributed by atoms with E-state index in [2.05, 4.69) is 25.8 Å². The summed E-state index contributed by atoms with van der Waals surface area (Å²) < 4.78 is 8.08. The van der Waals surface area contributed by atoms with Crippen LogP contribution in [-0.4, -0.2) is 19.7 Å². The number of benzene rings is 1. The molecule has 1 fully saturated rings. The lowest BCUT2D eigenvalue weighted by Gasteiger charge is -2.24. The normalized spacial score (nSPS) is 14.9. The van der Waals surface area contributed by atoms with E-state index in [-0.39, 0.29) is 0 Å². The van der Waals surface area contributed by atoms with Crippen LogP contribution in [0.4, 0.5) is 0 Å². The first-order valence-corrected chi connectivity index (χ1v) is 8.10. The Kier molecular flexibility index (Phi) is 3.48. The van der Waals surface area contributed by atoms with Crippen molar-refractivity contribution in [3.63, 3.8) is 0 Å². The van der Waals surface area contributed by atoms with Gasteiger partial charge in [-0.2, -0.15) is 0 Å². The number of pyridine rings is 1. The highest BCUT2D eigenvalue weighted by Gasteiger charge is 2.25. The van der Waals surface area contributed by atoms with Gasteiger partial charge in [0.25, 0.3) is 0 Å². The molecule has 5 heteroatoms. The Labute approximate surface area is 135 Å². The van der Waals surface area contributed by atoms with Crippen molar-refractivity contribution in [1.82, 2.24) is 19.7 Å². The molecular formula is C18H20N4O. The van der Waals surface area contributed by atoms with Crippen LogP contribution in [0.15, 0.2) is 30.3 Å². The third kappa shape index (κ3) is 2.56.